The van der Waals surface area contributed by atoms with Gasteiger partial charge in [0.15, 0.2) is 5.76 Å². The van der Waals surface area contributed by atoms with E-state index in [0.717, 1.165) is 16.7 Å². The first-order valence-corrected chi connectivity index (χ1v) is 12.9. The Morgan fingerprint density at radius 3 is 2.40 bits per heavy atom. The van der Waals surface area contributed by atoms with Gasteiger partial charge in [0.2, 0.25) is 22.2 Å². The third-order valence-electron chi connectivity index (χ3n) is 6.37. The van der Waals surface area contributed by atoms with Gasteiger partial charge in [0, 0.05) is 12.1 Å². The van der Waals surface area contributed by atoms with Gasteiger partial charge in [-0.3, -0.25) is 4.79 Å². The fourth-order valence-corrected chi connectivity index (χ4v) is 4.87. The second-order valence-electron chi connectivity index (χ2n) is 8.70. The fourth-order valence-electron chi connectivity index (χ4n) is 4.14. The molecule has 0 bridgehead atoms. The summed E-state index contributed by atoms with van der Waals surface area (Å²) in [6.45, 7) is 0. The van der Waals surface area contributed by atoms with Crippen LogP contribution in [0.3, 0.4) is 0 Å². The van der Waals surface area contributed by atoms with Crippen molar-refractivity contribution >= 4 is 21.6 Å². The Hall–Kier alpha value is -3.62. The molecule has 1 atom stereocenters. The lowest BCUT2D eigenvalue weighted by atomic mass is 10.0. The molecule has 2 aliphatic rings. The highest BCUT2D eigenvalue weighted by Gasteiger charge is 2.56. The topological polar surface area (TPSA) is 93.7 Å². The summed E-state index contributed by atoms with van der Waals surface area (Å²) in [5.41, 5.74) is 2.77. The summed E-state index contributed by atoms with van der Waals surface area (Å²) >= 11 is 0. The molecule has 180 valence electrons. The Balaban J connectivity index is 1.25. The fraction of sp³-hybridized carbons (Fsp3) is 0.222. The van der Waals surface area contributed by atoms with Gasteiger partial charge in [-0.1, -0.05) is 54.6 Å². The molecule has 0 aromatic heterocycles. The van der Waals surface area contributed by atoms with E-state index in [9.17, 15) is 13.2 Å². The first-order chi connectivity index (χ1) is 16.9. The van der Waals surface area contributed by atoms with E-state index in [1.165, 1.54) is 7.05 Å². The smallest absolute Gasteiger partial charge is 0.244 e. The number of nitrogens with one attached hydrogen (secondary N) is 2. The standard InChI is InChI=1S/C27H26N2O5S/c1-28-35(31,32)23-12-10-20(11-13-23)21-8-5-9-22(17-21)29-26(30)27(14-15-27)24-18-33-25(34-24)16-19-6-3-2-4-7-19/h2-13,17-18,25,28H,14-16H2,1H3,(H,29,30). The number of hydrogen-bond acceptors (Lipinski definition) is 5. The van der Waals surface area contributed by atoms with Gasteiger partial charge >= 0.3 is 0 Å². The molecule has 1 saturated carbocycles. The van der Waals surface area contributed by atoms with Crippen molar-refractivity contribution in [2.75, 3.05) is 12.4 Å². The molecule has 35 heavy (non-hydrogen) atoms. The Morgan fingerprint density at radius 2 is 1.71 bits per heavy atom. The molecule has 3 aromatic carbocycles. The lowest BCUT2D eigenvalue weighted by Crippen LogP contribution is -2.27. The summed E-state index contributed by atoms with van der Waals surface area (Å²) in [6.07, 6.45) is 3.16. The number of sulfonamides is 1. The zero-order valence-electron chi connectivity index (χ0n) is 19.2. The molecule has 2 N–H and O–H groups in total. The molecular formula is C27H26N2O5S. The van der Waals surface area contributed by atoms with Crippen molar-refractivity contribution in [3.05, 3.63) is 96.4 Å². The minimum absolute atomic E-state index is 0.125. The Morgan fingerprint density at radius 1 is 0.971 bits per heavy atom. The van der Waals surface area contributed by atoms with Gasteiger partial charge in [0.1, 0.15) is 11.7 Å². The summed E-state index contributed by atoms with van der Waals surface area (Å²) in [6, 6.07) is 24.0. The number of benzene rings is 3. The van der Waals surface area contributed by atoms with Gasteiger partial charge in [0.05, 0.1) is 4.90 Å². The van der Waals surface area contributed by atoms with Gasteiger partial charge in [-0.2, -0.15) is 0 Å². The highest BCUT2D eigenvalue weighted by atomic mass is 32.2. The molecule has 0 radical (unpaired) electrons. The van der Waals surface area contributed by atoms with Crippen molar-refractivity contribution in [1.82, 2.24) is 4.72 Å². The normalized spacial score (nSPS) is 18.2. The minimum Gasteiger partial charge on any atom is -0.459 e. The van der Waals surface area contributed by atoms with Crippen molar-refractivity contribution in [2.24, 2.45) is 5.41 Å². The van der Waals surface area contributed by atoms with Crippen LogP contribution >= 0.6 is 0 Å². The lowest BCUT2D eigenvalue weighted by Gasteiger charge is -2.18. The Labute approximate surface area is 204 Å². The third-order valence-corrected chi connectivity index (χ3v) is 7.80. The van der Waals surface area contributed by atoms with Crippen LogP contribution in [0.1, 0.15) is 18.4 Å². The van der Waals surface area contributed by atoms with E-state index in [0.29, 0.717) is 30.7 Å². The molecule has 1 heterocycles. The van der Waals surface area contributed by atoms with E-state index in [-0.39, 0.29) is 10.8 Å². The maximum Gasteiger partial charge on any atom is 0.244 e. The lowest BCUT2D eigenvalue weighted by molar-refractivity contribution is -0.122. The molecule has 1 unspecified atom stereocenters. The molecule has 0 saturated heterocycles. The Bertz CT molecular complexity index is 1360. The van der Waals surface area contributed by atoms with Crippen molar-refractivity contribution in [3.8, 4) is 11.1 Å². The number of carbonyl (C=O) groups excluding carboxylic acids is 1. The summed E-state index contributed by atoms with van der Waals surface area (Å²) in [7, 11) is -2.12. The van der Waals surface area contributed by atoms with Crippen molar-refractivity contribution < 1.29 is 22.7 Å². The van der Waals surface area contributed by atoms with Crippen LogP contribution in [0.2, 0.25) is 0 Å². The average Bonchev–Trinajstić information content (AvgIpc) is 3.57. The van der Waals surface area contributed by atoms with E-state index in [4.69, 9.17) is 9.47 Å². The average molecular weight is 491 g/mol. The van der Waals surface area contributed by atoms with Crippen LogP contribution in [0.25, 0.3) is 11.1 Å². The number of carbonyl (C=O) groups is 1. The van der Waals surface area contributed by atoms with E-state index in [2.05, 4.69) is 10.0 Å². The maximum atomic E-state index is 13.2. The molecule has 1 amide bonds. The number of ether oxygens (including phenoxy) is 2. The summed E-state index contributed by atoms with van der Waals surface area (Å²) in [5.74, 6) is 0.453. The van der Waals surface area contributed by atoms with Crippen LogP contribution in [0, 0.1) is 5.41 Å². The number of rotatable bonds is 8. The molecule has 7 nitrogen and oxygen atoms in total. The van der Waals surface area contributed by atoms with Gasteiger partial charge < -0.3 is 14.8 Å². The third kappa shape index (κ3) is 4.80. The van der Waals surface area contributed by atoms with Crippen LogP contribution in [-0.4, -0.2) is 27.7 Å². The van der Waals surface area contributed by atoms with E-state index < -0.39 is 21.7 Å². The molecule has 1 fully saturated rings. The van der Waals surface area contributed by atoms with E-state index in [1.807, 2.05) is 54.6 Å². The van der Waals surface area contributed by atoms with E-state index in [1.54, 1.807) is 30.5 Å². The number of anilines is 1. The quantitative estimate of drug-likeness (QED) is 0.487. The molecular weight excluding hydrogens is 464 g/mol. The molecule has 1 aliphatic heterocycles. The first kappa shape index (κ1) is 23.1. The van der Waals surface area contributed by atoms with Crippen LogP contribution in [0.4, 0.5) is 5.69 Å². The van der Waals surface area contributed by atoms with Gasteiger partial charge in [0.25, 0.3) is 0 Å². The minimum atomic E-state index is -3.50. The zero-order valence-corrected chi connectivity index (χ0v) is 20.0. The summed E-state index contributed by atoms with van der Waals surface area (Å²) < 4.78 is 38.0. The molecule has 1 aliphatic carbocycles. The van der Waals surface area contributed by atoms with Crippen LogP contribution < -0.4 is 10.0 Å². The van der Waals surface area contributed by atoms with Gasteiger partial charge in [-0.15, -0.1) is 0 Å². The molecule has 8 heteroatoms. The zero-order chi connectivity index (χ0) is 24.5. The Kier molecular flexibility index (Phi) is 6.08. The predicted octanol–water partition coefficient (Wildman–Crippen LogP) is 4.44. The van der Waals surface area contributed by atoms with Gasteiger partial charge in [-0.25, -0.2) is 13.1 Å². The number of hydrogen-bond donors (Lipinski definition) is 2. The van der Waals surface area contributed by atoms with Crippen LogP contribution in [0.5, 0.6) is 0 Å². The largest absolute Gasteiger partial charge is 0.459 e. The summed E-state index contributed by atoms with van der Waals surface area (Å²) in [4.78, 5) is 13.4. The number of amides is 1. The van der Waals surface area contributed by atoms with Gasteiger partial charge in [-0.05, 0) is 60.8 Å². The molecule has 5 rings (SSSR count). The van der Waals surface area contributed by atoms with E-state index >= 15 is 0 Å². The maximum absolute atomic E-state index is 13.2. The molecule has 3 aromatic rings. The predicted molar refractivity (Wildman–Crippen MR) is 133 cm³/mol. The highest BCUT2D eigenvalue weighted by molar-refractivity contribution is 7.89. The second kappa shape index (κ2) is 9.20. The van der Waals surface area contributed by atoms with Crippen LogP contribution in [0.15, 0.2) is 95.8 Å². The monoisotopic (exact) mass is 490 g/mol. The molecule has 0 spiro atoms. The van der Waals surface area contributed by atoms with Crippen LogP contribution in [-0.2, 0) is 30.7 Å². The second-order valence-corrected chi connectivity index (χ2v) is 10.6. The SMILES string of the molecule is CNS(=O)(=O)c1ccc(-c2cccc(NC(=O)C3(C4=COC(Cc5ccccc5)O4)CC3)c2)cc1. The first-order valence-electron chi connectivity index (χ1n) is 11.4. The van der Waals surface area contributed by atoms with Crippen molar-refractivity contribution in [2.45, 2.75) is 30.4 Å². The van der Waals surface area contributed by atoms with Crippen molar-refractivity contribution in [1.29, 1.82) is 0 Å². The summed E-state index contributed by atoms with van der Waals surface area (Å²) in [5, 5.41) is 3.02. The van der Waals surface area contributed by atoms with Crippen molar-refractivity contribution in [3.63, 3.8) is 0 Å². The highest BCUT2D eigenvalue weighted by Crippen LogP contribution is 2.54.